The van der Waals surface area contributed by atoms with Gasteiger partial charge in [0.05, 0.1) is 0 Å². The fourth-order valence-corrected chi connectivity index (χ4v) is 3.16. The Hall–Kier alpha value is -2.08. The highest BCUT2D eigenvalue weighted by atomic mass is 16.5. The van der Waals surface area contributed by atoms with Gasteiger partial charge in [-0.25, -0.2) is 0 Å². The third-order valence-electron chi connectivity index (χ3n) is 4.62. The summed E-state index contributed by atoms with van der Waals surface area (Å²) in [5.74, 6) is 1.02. The second kappa shape index (κ2) is 9.57. The number of carbonyl (C=O) groups excluding carboxylic acids is 2. The van der Waals surface area contributed by atoms with E-state index in [1.807, 2.05) is 24.3 Å². The van der Waals surface area contributed by atoms with Gasteiger partial charge in [0.25, 0.3) is 5.91 Å². The number of methoxy groups -OCH3 is 1. The smallest absolute Gasteiger partial charge is 0.263 e. The maximum Gasteiger partial charge on any atom is 0.263 e. The number of hydrogen-bond acceptors (Lipinski definition) is 4. The van der Waals surface area contributed by atoms with Gasteiger partial charge in [-0.2, -0.15) is 0 Å². The van der Waals surface area contributed by atoms with Gasteiger partial charge < -0.3 is 19.3 Å². The van der Waals surface area contributed by atoms with Gasteiger partial charge in [-0.05, 0) is 30.9 Å². The zero-order valence-corrected chi connectivity index (χ0v) is 16.2. The van der Waals surface area contributed by atoms with Gasteiger partial charge in [0.15, 0.2) is 6.10 Å². The topological polar surface area (TPSA) is 59.1 Å². The van der Waals surface area contributed by atoms with E-state index in [1.165, 1.54) is 7.11 Å². The molecule has 1 aromatic carbocycles. The van der Waals surface area contributed by atoms with Crippen LogP contribution < -0.4 is 4.74 Å². The van der Waals surface area contributed by atoms with E-state index in [4.69, 9.17) is 9.47 Å². The van der Waals surface area contributed by atoms with Crippen molar-refractivity contribution in [2.75, 3.05) is 39.9 Å². The summed E-state index contributed by atoms with van der Waals surface area (Å²) < 4.78 is 10.9. The highest BCUT2D eigenvalue weighted by Crippen LogP contribution is 2.27. The lowest BCUT2D eigenvalue weighted by Gasteiger charge is -2.26. The molecule has 144 valence electrons. The molecule has 1 atom stereocenters. The molecule has 1 aliphatic rings. The van der Waals surface area contributed by atoms with Gasteiger partial charge >= 0.3 is 0 Å². The number of benzene rings is 1. The Bertz CT molecular complexity index is 618. The predicted molar refractivity (Wildman–Crippen MR) is 100 cm³/mol. The first-order chi connectivity index (χ1) is 12.4. The summed E-state index contributed by atoms with van der Waals surface area (Å²) in [5, 5.41) is 0. The van der Waals surface area contributed by atoms with Crippen LogP contribution in [-0.4, -0.2) is 67.6 Å². The van der Waals surface area contributed by atoms with Crippen molar-refractivity contribution in [3.8, 4) is 5.75 Å². The maximum atomic E-state index is 12.8. The van der Waals surface area contributed by atoms with Crippen LogP contribution in [0.3, 0.4) is 0 Å². The van der Waals surface area contributed by atoms with Crippen molar-refractivity contribution in [2.45, 2.75) is 39.2 Å². The van der Waals surface area contributed by atoms with Crippen molar-refractivity contribution < 1.29 is 19.1 Å². The van der Waals surface area contributed by atoms with E-state index in [9.17, 15) is 9.59 Å². The number of carbonyl (C=O) groups is 2. The monoisotopic (exact) mass is 362 g/mol. The van der Waals surface area contributed by atoms with Gasteiger partial charge in [0.2, 0.25) is 5.91 Å². The summed E-state index contributed by atoms with van der Waals surface area (Å²) in [4.78, 5) is 28.3. The minimum Gasteiger partial charge on any atom is -0.481 e. The SMILES string of the molecule is COCC(=O)N1CCCN(C(=O)C(C)Oc2ccccc2C(C)C)CC1. The molecule has 6 heteroatoms. The van der Waals surface area contributed by atoms with Gasteiger partial charge in [-0.1, -0.05) is 32.0 Å². The lowest BCUT2D eigenvalue weighted by Crippen LogP contribution is -2.43. The van der Waals surface area contributed by atoms with E-state index in [0.29, 0.717) is 32.1 Å². The third kappa shape index (κ3) is 5.21. The zero-order valence-electron chi connectivity index (χ0n) is 16.2. The number of nitrogens with zero attached hydrogens (tertiary/aromatic N) is 2. The molecular formula is C20H30N2O4. The molecular weight excluding hydrogens is 332 g/mol. The molecule has 1 fully saturated rings. The average molecular weight is 362 g/mol. The van der Waals surface area contributed by atoms with Crippen molar-refractivity contribution in [1.82, 2.24) is 9.80 Å². The van der Waals surface area contributed by atoms with Crippen LogP contribution in [0.4, 0.5) is 0 Å². The van der Waals surface area contributed by atoms with Gasteiger partial charge in [0.1, 0.15) is 12.4 Å². The minimum atomic E-state index is -0.559. The van der Waals surface area contributed by atoms with E-state index >= 15 is 0 Å². The molecule has 0 radical (unpaired) electrons. The second-order valence-electron chi connectivity index (χ2n) is 6.95. The molecule has 1 aromatic rings. The maximum absolute atomic E-state index is 12.8. The second-order valence-corrected chi connectivity index (χ2v) is 6.95. The number of ether oxygens (including phenoxy) is 2. The van der Waals surface area contributed by atoms with E-state index in [0.717, 1.165) is 17.7 Å². The molecule has 2 rings (SSSR count). The van der Waals surface area contributed by atoms with Crippen LogP contribution in [-0.2, 0) is 14.3 Å². The summed E-state index contributed by atoms with van der Waals surface area (Å²) in [6, 6.07) is 7.84. The van der Waals surface area contributed by atoms with Crippen LogP contribution in [0.1, 0.15) is 38.7 Å². The molecule has 1 saturated heterocycles. The van der Waals surface area contributed by atoms with Gasteiger partial charge in [-0.15, -0.1) is 0 Å². The standard InChI is InChI=1S/C20H30N2O4/c1-15(2)17-8-5-6-9-18(17)26-16(3)20(24)22-11-7-10-21(12-13-22)19(23)14-25-4/h5-6,8-9,15-16H,7,10-14H2,1-4H3. The van der Waals surface area contributed by atoms with Crippen LogP contribution >= 0.6 is 0 Å². The van der Waals surface area contributed by atoms with Crippen molar-refractivity contribution >= 4 is 11.8 Å². The number of hydrogen-bond donors (Lipinski definition) is 0. The van der Waals surface area contributed by atoms with Crippen molar-refractivity contribution in [3.05, 3.63) is 29.8 Å². The Labute approximate surface area is 156 Å². The Morgan fingerprint density at radius 1 is 1.04 bits per heavy atom. The van der Waals surface area contributed by atoms with Gasteiger partial charge in [0, 0.05) is 33.3 Å². The first-order valence-electron chi connectivity index (χ1n) is 9.25. The Kier molecular flexibility index (Phi) is 7.45. The average Bonchev–Trinajstić information content (AvgIpc) is 2.87. The molecule has 0 spiro atoms. The number of para-hydroxylation sites is 1. The first kappa shape index (κ1) is 20.2. The number of amides is 2. The van der Waals surface area contributed by atoms with E-state index in [1.54, 1.807) is 16.7 Å². The molecule has 0 bridgehead atoms. The Morgan fingerprint density at radius 3 is 2.38 bits per heavy atom. The zero-order chi connectivity index (χ0) is 19.1. The molecule has 26 heavy (non-hydrogen) atoms. The Balaban J connectivity index is 1.97. The summed E-state index contributed by atoms with van der Waals surface area (Å²) in [6.45, 7) is 8.42. The summed E-state index contributed by atoms with van der Waals surface area (Å²) >= 11 is 0. The van der Waals surface area contributed by atoms with Crippen molar-refractivity contribution in [2.24, 2.45) is 0 Å². The molecule has 0 aromatic heterocycles. The van der Waals surface area contributed by atoms with Crippen LogP contribution in [0.2, 0.25) is 0 Å². The molecule has 0 N–H and O–H groups in total. The predicted octanol–water partition coefficient (Wildman–Crippen LogP) is 2.28. The Morgan fingerprint density at radius 2 is 1.69 bits per heavy atom. The largest absolute Gasteiger partial charge is 0.481 e. The molecule has 2 amide bonds. The van der Waals surface area contributed by atoms with Crippen LogP contribution in [0, 0.1) is 0 Å². The molecule has 1 aliphatic heterocycles. The van der Waals surface area contributed by atoms with Gasteiger partial charge in [-0.3, -0.25) is 9.59 Å². The minimum absolute atomic E-state index is 0.0306. The third-order valence-corrected chi connectivity index (χ3v) is 4.62. The lowest BCUT2D eigenvalue weighted by atomic mass is 10.0. The highest BCUT2D eigenvalue weighted by Gasteiger charge is 2.26. The molecule has 1 heterocycles. The fourth-order valence-electron chi connectivity index (χ4n) is 3.16. The van der Waals surface area contributed by atoms with E-state index in [-0.39, 0.29) is 18.4 Å². The van der Waals surface area contributed by atoms with E-state index in [2.05, 4.69) is 13.8 Å². The van der Waals surface area contributed by atoms with Crippen LogP contribution in [0.5, 0.6) is 5.75 Å². The van der Waals surface area contributed by atoms with Crippen molar-refractivity contribution in [1.29, 1.82) is 0 Å². The van der Waals surface area contributed by atoms with Crippen molar-refractivity contribution in [3.63, 3.8) is 0 Å². The summed E-state index contributed by atoms with van der Waals surface area (Å²) in [7, 11) is 1.51. The quantitative estimate of drug-likeness (QED) is 0.779. The first-order valence-corrected chi connectivity index (χ1v) is 9.25. The highest BCUT2D eigenvalue weighted by molar-refractivity contribution is 5.81. The lowest BCUT2D eigenvalue weighted by molar-refractivity contribution is -0.139. The molecule has 1 unspecified atom stereocenters. The summed E-state index contributed by atoms with van der Waals surface area (Å²) in [6.07, 6.45) is 0.201. The fraction of sp³-hybridized carbons (Fsp3) is 0.600. The van der Waals surface area contributed by atoms with E-state index < -0.39 is 6.10 Å². The summed E-state index contributed by atoms with van der Waals surface area (Å²) in [5.41, 5.74) is 1.10. The normalized spacial score (nSPS) is 16.3. The number of rotatable bonds is 6. The van der Waals surface area contributed by atoms with Crippen LogP contribution in [0.15, 0.2) is 24.3 Å². The molecule has 0 aliphatic carbocycles. The van der Waals surface area contributed by atoms with Crippen LogP contribution in [0.25, 0.3) is 0 Å². The molecule has 0 saturated carbocycles. The molecule has 6 nitrogen and oxygen atoms in total.